The quantitative estimate of drug-likeness (QED) is 0.577. The van der Waals surface area contributed by atoms with Crippen LogP contribution in [0.1, 0.15) is 5.56 Å². The fraction of sp³-hybridized carbons (Fsp3) is 0.0667. The maximum atomic E-state index is 7.05. The average molecular weight is 252 g/mol. The standard InChI is InChI=1S/C15H16N4/c16-14(19-15(17)18)10-11-6-8-13(9-7-11)12-4-2-1-3-5-12/h1-9H,10H2,(H5,16,17,18,19). The third-order valence-electron chi connectivity index (χ3n) is 2.71. The van der Waals surface area contributed by atoms with Crippen LogP contribution in [0.25, 0.3) is 11.1 Å². The highest BCUT2D eigenvalue weighted by Gasteiger charge is 2.00. The Morgan fingerprint density at radius 3 is 2.05 bits per heavy atom. The van der Waals surface area contributed by atoms with E-state index in [1.807, 2.05) is 42.5 Å². The number of nitrogens with two attached hydrogens (primary N) is 2. The largest absolute Gasteiger partial charge is 0.387 e. The molecule has 5 N–H and O–H groups in total. The first-order valence-corrected chi connectivity index (χ1v) is 5.96. The van der Waals surface area contributed by atoms with Gasteiger partial charge in [-0.2, -0.15) is 0 Å². The molecule has 2 rings (SSSR count). The summed E-state index contributed by atoms with van der Waals surface area (Å²) in [5.41, 5.74) is 14.2. The molecule has 0 fully saturated rings. The summed E-state index contributed by atoms with van der Waals surface area (Å²) in [7, 11) is 0. The lowest BCUT2D eigenvalue weighted by Gasteiger charge is -2.04. The molecule has 19 heavy (non-hydrogen) atoms. The van der Waals surface area contributed by atoms with Crippen LogP contribution >= 0.6 is 0 Å². The number of guanidine groups is 1. The zero-order valence-electron chi connectivity index (χ0n) is 10.5. The second-order valence-electron chi connectivity index (χ2n) is 4.23. The van der Waals surface area contributed by atoms with Gasteiger partial charge < -0.3 is 11.5 Å². The molecule has 0 amide bonds. The molecule has 0 aliphatic heterocycles. The molecular weight excluding hydrogens is 236 g/mol. The molecule has 4 nitrogen and oxygen atoms in total. The van der Waals surface area contributed by atoms with Gasteiger partial charge in [-0.15, -0.1) is 0 Å². The van der Waals surface area contributed by atoms with E-state index < -0.39 is 0 Å². The van der Waals surface area contributed by atoms with Crippen LogP contribution in [-0.2, 0) is 6.42 Å². The summed E-state index contributed by atoms with van der Waals surface area (Å²) in [4.78, 5) is 3.71. The Morgan fingerprint density at radius 2 is 1.47 bits per heavy atom. The molecule has 0 heterocycles. The molecule has 0 aromatic heterocycles. The van der Waals surface area contributed by atoms with E-state index in [1.54, 1.807) is 0 Å². The second kappa shape index (κ2) is 5.82. The zero-order valence-corrected chi connectivity index (χ0v) is 10.5. The van der Waals surface area contributed by atoms with Gasteiger partial charge in [0.25, 0.3) is 0 Å². The van der Waals surface area contributed by atoms with Crippen LogP contribution in [0, 0.1) is 5.41 Å². The van der Waals surface area contributed by atoms with Crippen LogP contribution in [0.15, 0.2) is 59.6 Å². The Hall–Kier alpha value is -2.62. The van der Waals surface area contributed by atoms with E-state index in [9.17, 15) is 0 Å². The van der Waals surface area contributed by atoms with E-state index in [4.69, 9.17) is 16.9 Å². The highest BCUT2D eigenvalue weighted by Crippen LogP contribution is 2.19. The Labute approximate surface area is 112 Å². The van der Waals surface area contributed by atoms with E-state index in [-0.39, 0.29) is 5.96 Å². The van der Waals surface area contributed by atoms with Gasteiger partial charge in [-0.05, 0) is 16.7 Å². The van der Waals surface area contributed by atoms with Crippen molar-refractivity contribution in [2.45, 2.75) is 6.42 Å². The lowest BCUT2D eigenvalue weighted by molar-refractivity contribution is 1.26. The van der Waals surface area contributed by atoms with Crippen LogP contribution in [0.4, 0.5) is 0 Å². The molecule has 96 valence electrons. The minimum Gasteiger partial charge on any atom is -0.387 e. The van der Waals surface area contributed by atoms with Crippen LogP contribution in [-0.4, -0.2) is 11.8 Å². The van der Waals surface area contributed by atoms with Crippen molar-refractivity contribution in [2.24, 2.45) is 16.5 Å². The molecule has 0 saturated carbocycles. The average Bonchev–Trinajstić information content (AvgIpc) is 2.39. The molecule has 0 unspecified atom stereocenters. The lowest BCUT2D eigenvalue weighted by Crippen LogP contribution is -2.19. The van der Waals surface area contributed by atoms with Crippen LogP contribution < -0.4 is 11.5 Å². The van der Waals surface area contributed by atoms with Gasteiger partial charge >= 0.3 is 0 Å². The summed E-state index contributed by atoms with van der Waals surface area (Å²) in [6.07, 6.45) is 0.495. The van der Waals surface area contributed by atoms with Gasteiger partial charge in [0.2, 0.25) is 5.96 Å². The summed E-state index contributed by atoms with van der Waals surface area (Å²) in [6, 6.07) is 18.3. The number of hydrogen-bond acceptors (Lipinski definition) is 1. The number of amidine groups is 1. The van der Waals surface area contributed by atoms with Crippen LogP contribution in [0.3, 0.4) is 0 Å². The molecule has 0 bridgehead atoms. The molecule has 2 aromatic carbocycles. The number of nitrogens with one attached hydrogen (secondary N) is 1. The Morgan fingerprint density at radius 1 is 0.895 bits per heavy atom. The topological polar surface area (TPSA) is 88.2 Å². The Bertz CT molecular complexity index is 585. The van der Waals surface area contributed by atoms with Gasteiger partial charge in [0.1, 0.15) is 5.84 Å². The minimum atomic E-state index is -0.265. The molecule has 0 atom stereocenters. The molecular formula is C15H16N4. The number of aliphatic imine (C=N–C) groups is 1. The molecule has 0 aliphatic carbocycles. The molecule has 2 aromatic rings. The molecule has 0 saturated heterocycles. The van der Waals surface area contributed by atoms with E-state index in [1.165, 1.54) is 5.56 Å². The normalized spacial score (nSPS) is 11.3. The van der Waals surface area contributed by atoms with Crippen molar-refractivity contribution < 1.29 is 0 Å². The number of nitrogens with zero attached hydrogens (tertiary/aromatic N) is 1. The first-order chi connectivity index (χ1) is 9.15. The van der Waals surface area contributed by atoms with E-state index in [0.29, 0.717) is 12.3 Å². The first-order valence-electron chi connectivity index (χ1n) is 5.96. The van der Waals surface area contributed by atoms with Gasteiger partial charge in [0.15, 0.2) is 0 Å². The lowest BCUT2D eigenvalue weighted by atomic mass is 10.0. The molecule has 0 spiro atoms. The molecule has 0 aliphatic rings. The predicted octanol–water partition coefficient (Wildman–Crippen LogP) is 2.15. The second-order valence-corrected chi connectivity index (χ2v) is 4.23. The monoisotopic (exact) mass is 252 g/mol. The SMILES string of the molecule is N=C(N)/N=C(\N)Cc1ccc(-c2ccccc2)cc1. The Kier molecular flexibility index (Phi) is 3.93. The van der Waals surface area contributed by atoms with Crippen LogP contribution in [0.5, 0.6) is 0 Å². The third kappa shape index (κ3) is 3.67. The van der Waals surface area contributed by atoms with Crippen molar-refractivity contribution in [3.8, 4) is 11.1 Å². The summed E-state index contributed by atoms with van der Waals surface area (Å²) >= 11 is 0. The van der Waals surface area contributed by atoms with Crippen LogP contribution in [0.2, 0.25) is 0 Å². The molecule has 4 heteroatoms. The van der Waals surface area contributed by atoms with E-state index in [2.05, 4.69) is 17.1 Å². The fourth-order valence-electron chi connectivity index (χ4n) is 1.85. The van der Waals surface area contributed by atoms with Crippen molar-refractivity contribution >= 4 is 11.8 Å². The Balaban J connectivity index is 2.13. The summed E-state index contributed by atoms with van der Waals surface area (Å²) in [6.45, 7) is 0. The van der Waals surface area contributed by atoms with Gasteiger partial charge in [-0.3, -0.25) is 5.41 Å². The van der Waals surface area contributed by atoms with Gasteiger partial charge in [0, 0.05) is 6.42 Å². The first kappa shape index (κ1) is 12.8. The summed E-state index contributed by atoms with van der Waals surface area (Å²) in [5.74, 6) is 0.0818. The van der Waals surface area contributed by atoms with E-state index >= 15 is 0 Å². The fourth-order valence-corrected chi connectivity index (χ4v) is 1.85. The van der Waals surface area contributed by atoms with E-state index in [0.717, 1.165) is 11.1 Å². The van der Waals surface area contributed by atoms with Crippen molar-refractivity contribution in [3.05, 3.63) is 60.2 Å². The van der Waals surface area contributed by atoms with Gasteiger partial charge in [-0.25, -0.2) is 4.99 Å². The van der Waals surface area contributed by atoms with Gasteiger partial charge in [0.05, 0.1) is 0 Å². The van der Waals surface area contributed by atoms with Gasteiger partial charge in [-0.1, -0.05) is 54.6 Å². The molecule has 0 radical (unpaired) electrons. The van der Waals surface area contributed by atoms with Crippen molar-refractivity contribution in [1.29, 1.82) is 5.41 Å². The number of rotatable bonds is 3. The number of hydrogen-bond donors (Lipinski definition) is 3. The van der Waals surface area contributed by atoms with Crippen molar-refractivity contribution in [1.82, 2.24) is 0 Å². The summed E-state index contributed by atoms with van der Waals surface area (Å²) < 4.78 is 0. The predicted molar refractivity (Wildman–Crippen MR) is 79.1 cm³/mol. The van der Waals surface area contributed by atoms with Crippen molar-refractivity contribution in [2.75, 3.05) is 0 Å². The number of benzene rings is 2. The minimum absolute atomic E-state index is 0.265. The highest BCUT2D eigenvalue weighted by atomic mass is 15.0. The van der Waals surface area contributed by atoms with Crippen molar-refractivity contribution in [3.63, 3.8) is 0 Å². The smallest absolute Gasteiger partial charge is 0.214 e. The maximum Gasteiger partial charge on any atom is 0.214 e. The zero-order chi connectivity index (χ0) is 13.7. The third-order valence-corrected chi connectivity index (χ3v) is 2.71. The summed E-state index contributed by atoms with van der Waals surface area (Å²) in [5, 5.41) is 7.05. The highest BCUT2D eigenvalue weighted by molar-refractivity contribution is 5.94. The maximum absolute atomic E-state index is 7.05.